The van der Waals surface area contributed by atoms with Crippen molar-refractivity contribution in [3.05, 3.63) is 22.2 Å². The molecule has 0 bridgehead atoms. The minimum atomic E-state index is -1.07. The van der Waals surface area contributed by atoms with Crippen LogP contribution in [0, 0.1) is 0 Å². The summed E-state index contributed by atoms with van der Waals surface area (Å²) in [6.45, 7) is 0. The standard InChI is InChI=1S/C9H11Cl2NO3S/c10-4-1-5(11)8(13)7(2-4)16-3-6(12)9(14)15/h1-2,6-8,13H,3,12H2,(H,14,15)/t6-,7+,8+/m0/s1. The molecular formula is C9H11Cl2NO3S. The zero-order valence-corrected chi connectivity index (χ0v) is 10.5. The number of hydrogen-bond donors (Lipinski definition) is 3. The van der Waals surface area contributed by atoms with Crippen molar-refractivity contribution in [1.29, 1.82) is 0 Å². The molecule has 4 N–H and O–H groups in total. The summed E-state index contributed by atoms with van der Waals surface area (Å²) in [6, 6.07) is -0.964. The molecule has 0 spiro atoms. The van der Waals surface area contributed by atoms with Crippen molar-refractivity contribution in [3.8, 4) is 0 Å². The number of aliphatic hydroxyl groups excluding tert-OH is 1. The van der Waals surface area contributed by atoms with Crippen molar-refractivity contribution in [3.63, 3.8) is 0 Å². The van der Waals surface area contributed by atoms with E-state index in [2.05, 4.69) is 0 Å². The molecule has 0 saturated heterocycles. The third-order valence-electron chi connectivity index (χ3n) is 1.98. The molecule has 0 radical (unpaired) electrons. The highest BCUT2D eigenvalue weighted by molar-refractivity contribution is 8.00. The van der Waals surface area contributed by atoms with E-state index in [0.717, 1.165) is 0 Å². The molecule has 0 heterocycles. The van der Waals surface area contributed by atoms with E-state index in [-0.39, 0.29) is 16.0 Å². The molecule has 16 heavy (non-hydrogen) atoms. The Balaban J connectivity index is 2.56. The van der Waals surface area contributed by atoms with Gasteiger partial charge in [-0.25, -0.2) is 0 Å². The second-order valence-corrected chi connectivity index (χ2v) is 5.35. The van der Waals surface area contributed by atoms with Crippen molar-refractivity contribution in [2.75, 3.05) is 5.75 Å². The van der Waals surface area contributed by atoms with Gasteiger partial charge in [0.2, 0.25) is 0 Å². The maximum Gasteiger partial charge on any atom is 0.321 e. The molecule has 0 aliphatic heterocycles. The van der Waals surface area contributed by atoms with Gasteiger partial charge in [-0.05, 0) is 12.2 Å². The van der Waals surface area contributed by atoms with Crippen LogP contribution in [-0.2, 0) is 4.79 Å². The molecule has 0 saturated carbocycles. The number of carbonyl (C=O) groups is 1. The minimum absolute atomic E-state index is 0.182. The first kappa shape index (κ1) is 13.9. The van der Waals surface area contributed by atoms with Crippen LogP contribution in [0.2, 0.25) is 0 Å². The van der Waals surface area contributed by atoms with Gasteiger partial charge in [0.25, 0.3) is 0 Å². The smallest absolute Gasteiger partial charge is 0.321 e. The summed E-state index contributed by atoms with van der Waals surface area (Å²) in [5.74, 6) is -0.892. The van der Waals surface area contributed by atoms with Gasteiger partial charge in [0, 0.05) is 15.8 Å². The van der Waals surface area contributed by atoms with Gasteiger partial charge in [0.05, 0.1) is 5.25 Å². The van der Waals surface area contributed by atoms with Crippen LogP contribution in [-0.4, -0.2) is 39.3 Å². The predicted molar refractivity (Wildman–Crippen MR) is 65.7 cm³/mol. The highest BCUT2D eigenvalue weighted by Crippen LogP contribution is 2.30. The second kappa shape index (κ2) is 5.93. The van der Waals surface area contributed by atoms with E-state index >= 15 is 0 Å². The monoisotopic (exact) mass is 283 g/mol. The average Bonchev–Trinajstić information content (AvgIpc) is 2.20. The van der Waals surface area contributed by atoms with Crippen LogP contribution in [0.1, 0.15) is 0 Å². The summed E-state index contributed by atoms with van der Waals surface area (Å²) in [4.78, 5) is 10.5. The van der Waals surface area contributed by atoms with Crippen molar-refractivity contribution in [2.45, 2.75) is 17.4 Å². The summed E-state index contributed by atoms with van der Waals surface area (Å²) in [5.41, 5.74) is 5.35. The van der Waals surface area contributed by atoms with Crippen LogP contribution in [0.5, 0.6) is 0 Å². The lowest BCUT2D eigenvalue weighted by atomic mass is 10.1. The maximum absolute atomic E-state index is 10.5. The number of allylic oxidation sites excluding steroid dienone is 2. The molecule has 3 atom stereocenters. The highest BCUT2D eigenvalue weighted by atomic mass is 35.5. The molecule has 0 fully saturated rings. The summed E-state index contributed by atoms with van der Waals surface area (Å²) in [7, 11) is 0. The summed E-state index contributed by atoms with van der Waals surface area (Å²) < 4.78 is 0. The first-order valence-electron chi connectivity index (χ1n) is 4.44. The Labute approximate surface area is 107 Å². The van der Waals surface area contributed by atoms with Crippen LogP contribution in [0.25, 0.3) is 0 Å². The molecule has 0 aromatic rings. The molecule has 1 rings (SSSR count). The fraction of sp³-hybridized carbons (Fsp3) is 0.444. The summed E-state index contributed by atoms with van der Waals surface area (Å²) in [6.07, 6.45) is 2.22. The number of thioether (sulfide) groups is 1. The molecule has 7 heteroatoms. The Kier molecular flexibility index (Phi) is 5.14. The van der Waals surface area contributed by atoms with Gasteiger partial charge < -0.3 is 15.9 Å². The SMILES string of the molecule is N[C@@H](CS[C@@H]1C=C(Cl)C=C(Cl)[C@H]1O)C(=O)O. The van der Waals surface area contributed by atoms with Crippen LogP contribution in [0.3, 0.4) is 0 Å². The molecule has 1 aliphatic carbocycles. The fourth-order valence-electron chi connectivity index (χ4n) is 1.10. The van der Waals surface area contributed by atoms with E-state index in [1.807, 2.05) is 0 Å². The maximum atomic E-state index is 10.5. The van der Waals surface area contributed by atoms with E-state index in [1.54, 1.807) is 6.08 Å². The van der Waals surface area contributed by atoms with Gasteiger partial charge in [-0.3, -0.25) is 4.79 Å². The number of carboxylic acid groups (broad SMARTS) is 1. The number of nitrogens with two attached hydrogens (primary N) is 1. The van der Waals surface area contributed by atoms with Gasteiger partial charge in [-0.2, -0.15) is 0 Å². The Morgan fingerprint density at radius 1 is 1.62 bits per heavy atom. The van der Waals surface area contributed by atoms with Gasteiger partial charge >= 0.3 is 5.97 Å². The third-order valence-corrected chi connectivity index (χ3v) is 3.88. The molecular weight excluding hydrogens is 273 g/mol. The Bertz CT molecular complexity index is 346. The van der Waals surface area contributed by atoms with E-state index in [9.17, 15) is 9.90 Å². The van der Waals surface area contributed by atoms with E-state index in [0.29, 0.717) is 5.03 Å². The number of hydrogen-bond acceptors (Lipinski definition) is 4. The number of aliphatic hydroxyl groups is 1. The summed E-state index contributed by atoms with van der Waals surface area (Å²) >= 11 is 12.7. The van der Waals surface area contributed by atoms with Gasteiger partial charge in [-0.1, -0.05) is 23.2 Å². The van der Waals surface area contributed by atoms with Crippen LogP contribution >= 0.6 is 35.0 Å². The number of halogens is 2. The molecule has 0 aromatic carbocycles. The molecule has 0 unspecified atom stereocenters. The topological polar surface area (TPSA) is 83.5 Å². The van der Waals surface area contributed by atoms with Crippen molar-refractivity contribution in [2.24, 2.45) is 5.73 Å². The average molecular weight is 284 g/mol. The van der Waals surface area contributed by atoms with Crippen LogP contribution in [0.15, 0.2) is 22.2 Å². The lowest BCUT2D eigenvalue weighted by Gasteiger charge is -2.23. The number of aliphatic carboxylic acids is 1. The van der Waals surface area contributed by atoms with Gasteiger partial charge in [0.1, 0.15) is 12.1 Å². The highest BCUT2D eigenvalue weighted by Gasteiger charge is 2.26. The van der Waals surface area contributed by atoms with E-state index in [4.69, 9.17) is 34.0 Å². The fourth-order valence-corrected chi connectivity index (χ4v) is 2.95. The first-order valence-corrected chi connectivity index (χ1v) is 6.24. The Hall–Kier alpha value is -0.200. The van der Waals surface area contributed by atoms with Gasteiger partial charge in [-0.15, -0.1) is 11.8 Å². The summed E-state index contributed by atoms with van der Waals surface area (Å²) in [5, 5.41) is 18.6. The zero-order valence-electron chi connectivity index (χ0n) is 8.14. The molecule has 0 amide bonds. The van der Waals surface area contributed by atoms with E-state index < -0.39 is 18.1 Å². The van der Waals surface area contributed by atoms with E-state index in [1.165, 1.54) is 17.8 Å². The normalized spacial score (nSPS) is 27.0. The molecule has 0 aromatic heterocycles. The zero-order chi connectivity index (χ0) is 12.3. The van der Waals surface area contributed by atoms with Crippen molar-refractivity contribution >= 4 is 40.9 Å². The first-order chi connectivity index (χ1) is 7.41. The Morgan fingerprint density at radius 2 is 2.25 bits per heavy atom. The van der Waals surface area contributed by atoms with Crippen LogP contribution < -0.4 is 5.73 Å². The quantitative estimate of drug-likeness (QED) is 0.720. The predicted octanol–water partition coefficient (Wildman–Crippen LogP) is 1.12. The minimum Gasteiger partial charge on any atom is -0.480 e. The molecule has 90 valence electrons. The largest absolute Gasteiger partial charge is 0.480 e. The Morgan fingerprint density at radius 3 is 2.81 bits per heavy atom. The third kappa shape index (κ3) is 3.68. The van der Waals surface area contributed by atoms with Crippen LogP contribution in [0.4, 0.5) is 0 Å². The second-order valence-electron chi connectivity index (χ2n) is 3.27. The lowest BCUT2D eigenvalue weighted by Crippen LogP contribution is -2.34. The number of rotatable bonds is 4. The van der Waals surface area contributed by atoms with Crippen molar-refractivity contribution < 1.29 is 15.0 Å². The number of carboxylic acids is 1. The molecule has 4 nitrogen and oxygen atoms in total. The molecule has 1 aliphatic rings. The van der Waals surface area contributed by atoms with Gasteiger partial charge in [0.15, 0.2) is 0 Å². The van der Waals surface area contributed by atoms with Crippen molar-refractivity contribution in [1.82, 2.24) is 0 Å². The lowest BCUT2D eigenvalue weighted by molar-refractivity contribution is -0.137.